The van der Waals surface area contributed by atoms with Gasteiger partial charge in [0.25, 0.3) is 0 Å². The summed E-state index contributed by atoms with van der Waals surface area (Å²) in [6.45, 7) is 9.22. The summed E-state index contributed by atoms with van der Waals surface area (Å²) in [5, 5.41) is 0. The number of allylic oxidation sites excluding steroid dienone is 6. The molecular weight excluding hydrogens is 917 g/mol. The van der Waals surface area contributed by atoms with Crippen molar-refractivity contribution in [2.75, 3.05) is 0 Å². The van der Waals surface area contributed by atoms with Crippen LogP contribution in [0.1, 0.15) is 358 Å². The normalized spacial score (nSPS) is 13.1. The molecule has 0 atom stereocenters. The maximum Gasteiger partial charge on any atom is 0.211 e. The molecule has 2 aromatic rings. The molecule has 0 aromatic heterocycles. The Bertz CT molecular complexity index is 1800. The summed E-state index contributed by atoms with van der Waals surface area (Å²) in [7, 11) is 0. The van der Waals surface area contributed by atoms with Crippen LogP contribution in [0, 0.1) is 0 Å². The molecule has 2 heteroatoms. The van der Waals surface area contributed by atoms with Crippen LogP contribution in [0.25, 0.3) is 16.9 Å². The number of rotatable bonds is 54. The van der Waals surface area contributed by atoms with E-state index in [-0.39, 0.29) is 0 Å². The molecule has 3 rings (SSSR count). The number of benzene rings is 2. The van der Waals surface area contributed by atoms with E-state index in [1.807, 2.05) is 0 Å². The van der Waals surface area contributed by atoms with E-state index in [2.05, 4.69) is 101 Å². The van der Waals surface area contributed by atoms with Gasteiger partial charge in [0.15, 0.2) is 0 Å². The van der Waals surface area contributed by atoms with E-state index >= 15 is 0 Å². The fourth-order valence-corrected chi connectivity index (χ4v) is 12.2. The van der Waals surface area contributed by atoms with Crippen LogP contribution in [0.15, 0.2) is 84.0 Å². The zero-order valence-electron chi connectivity index (χ0n) is 51.2. The lowest BCUT2D eigenvalue weighted by Crippen LogP contribution is -2.06. The summed E-state index contributed by atoms with van der Waals surface area (Å²) in [6.07, 6.45) is 77.1. The molecule has 0 bridgehead atoms. The van der Waals surface area contributed by atoms with Crippen LogP contribution in [0.3, 0.4) is 0 Å². The minimum atomic E-state index is 0.916. The first kappa shape index (κ1) is 67.3. The second kappa shape index (κ2) is 49.1. The predicted octanol–water partition coefficient (Wildman–Crippen LogP) is 25.9. The zero-order valence-corrected chi connectivity index (χ0v) is 51.2. The lowest BCUT2D eigenvalue weighted by Gasteiger charge is -2.14. The molecule has 2 nitrogen and oxygen atoms in total. The van der Waals surface area contributed by atoms with Gasteiger partial charge in [-0.25, -0.2) is 4.70 Å². The molecule has 1 heterocycles. The molecule has 430 valence electrons. The van der Waals surface area contributed by atoms with Crippen molar-refractivity contribution in [1.82, 2.24) is 0 Å². The van der Waals surface area contributed by atoms with Gasteiger partial charge in [-0.3, -0.25) is 0 Å². The third kappa shape index (κ3) is 31.6. The summed E-state index contributed by atoms with van der Waals surface area (Å²) in [5.74, 6) is 0. The fraction of sp³-hybridized carbons (Fsp3) is 0.730. The highest BCUT2D eigenvalue weighted by atomic mass is 15.2. The molecule has 0 amide bonds. The molecular formula is C74H124N2. The molecule has 0 saturated heterocycles. The van der Waals surface area contributed by atoms with Crippen LogP contribution in [-0.2, 0) is 12.8 Å². The number of unbranched alkanes of at least 4 members (excludes halogenated alkanes) is 41. The van der Waals surface area contributed by atoms with Crippen molar-refractivity contribution in [3.05, 3.63) is 112 Å². The second-order valence-corrected chi connectivity index (χ2v) is 23.8. The van der Waals surface area contributed by atoms with Crippen molar-refractivity contribution < 1.29 is 4.70 Å². The minimum Gasteiger partial charge on any atom is -0.493 e. The molecule has 0 N–H and O–H groups in total. The zero-order chi connectivity index (χ0) is 54.0. The highest BCUT2D eigenvalue weighted by Crippen LogP contribution is 2.45. The van der Waals surface area contributed by atoms with Gasteiger partial charge in [0, 0.05) is 22.3 Å². The van der Waals surface area contributed by atoms with Crippen LogP contribution >= 0.6 is 0 Å². The van der Waals surface area contributed by atoms with Crippen molar-refractivity contribution in [3.63, 3.8) is 0 Å². The first-order valence-electron chi connectivity index (χ1n) is 34.1. The van der Waals surface area contributed by atoms with Gasteiger partial charge in [-0.2, -0.15) is 0 Å². The monoisotopic (exact) mass is 1040 g/mol. The Morgan fingerprint density at radius 2 is 0.553 bits per heavy atom. The van der Waals surface area contributed by atoms with Gasteiger partial charge in [0.2, 0.25) is 11.4 Å². The average molecular weight is 1040 g/mol. The van der Waals surface area contributed by atoms with Gasteiger partial charge in [-0.15, -0.1) is 0 Å². The standard InChI is InChI=1S/C74H124N2/c1-5-9-12-15-18-20-22-24-26-28-30-32-34-36-38-40-42-44-46-48-50-53-60-67-62-56-58-64-70(67)73-69(8-4)72(66-55-52-17-14-11-7-3)74(76(73)75)71-65-59-57-63-68(71)61-54-51-49-47-45-43-41-39-37-35-33-31-29-27-25-23-21-19-16-13-10-6-2/h48-51,56-59,62-65H,5-47,52-55,60-61,66H2,1-4H3. The molecule has 0 saturated carbocycles. The Morgan fingerprint density at radius 3 is 0.868 bits per heavy atom. The summed E-state index contributed by atoms with van der Waals surface area (Å²) in [5.41, 5.74) is 22.4. The Morgan fingerprint density at radius 1 is 0.289 bits per heavy atom. The van der Waals surface area contributed by atoms with Crippen LogP contribution in [-0.4, -0.2) is 4.70 Å². The number of aryl methyl sites for hydroxylation is 2. The third-order valence-corrected chi connectivity index (χ3v) is 17.0. The van der Waals surface area contributed by atoms with E-state index < -0.39 is 0 Å². The molecule has 1 aliphatic rings. The van der Waals surface area contributed by atoms with E-state index in [4.69, 9.17) is 0 Å². The van der Waals surface area contributed by atoms with E-state index in [1.165, 1.54) is 316 Å². The van der Waals surface area contributed by atoms with Gasteiger partial charge in [-0.05, 0) is 93.9 Å². The van der Waals surface area contributed by atoms with E-state index in [9.17, 15) is 5.53 Å². The van der Waals surface area contributed by atoms with Gasteiger partial charge < -0.3 is 5.53 Å². The van der Waals surface area contributed by atoms with E-state index in [0.29, 0.717) is 0 Å². The smallest absolute Gasteiger partial charge is 0.211 e. The highest BCUT2D eigenvalue weighted by molar-refractivity contribution is 5.83. The van der Waals surface area contributed by atoms with Crippen molar-refractivity contribution >= 4 is 11.4 Å². The lowest BCUT2D eigenvalue weighted by atomic mass is 9.90. The van der Waals surface area contributed by atoms with Crippen molar-refractivity contribution in [2.24, 2.45) is 0 Å². The number of nitrogens with zero attached hydrogens (tertiary/aromatic N) is 2. The SMILES string of the molecule is CCCCCCCCCCCCCCCCCCCCC=CCCc1ccccc1C1=C(CC)C(CCCCCCCC)=C(c2ccccc2CCC=CCCCCCCCCCCCCCCCCCCCC)[N+]1=[N-]. The summed E-state index contributed by atoms with van der Waals surface area (Å²) < 4.78 is 1.63. The Labute approximate surface area is 474 Å². The topological polar surface area (TPSA) is 25.3 Å². The molecule has 2 aromatic carbocycles. The van der Waals surface area contributed by atoms with Crippen molar-refractivity contribution in [2.45, 2.75) is 349 Å². The summed E-state index contributed by atoms with van der Waals surface area (Å²) in [6, 6.07) is 17.9. The van der Waals surface area contributed by atoms with Crippen LogP contribution in [0.4, 0.5) is 0 Å². The Hall–Kier alpha value is -3.00. The molecule has 0 spiro atoms. The van der Waals surface area contributed by atoms with E-state index in [0.717, 1.165) is 49.9 Å². The average Bonchev–Trinajstić information content (AvgIpc) is 3.76. The first-order chi connectivity index (χ1) is 37.7. The summed E-state index contributed by atoms with van der Waals surface area (Å²) in [4.78, 5) is 0. The lowest BCUT2D eigenvalue weighted by molar-refractivity contribution is -0.345. The van der Waals surface area contributed by atoms with Crippen LogP contribution < -0.4 is 0 Å². The number of hydrogen-bond donors (Lipinski definition) is 0. The third-order valence-electron chi connectivity index (χ3n) is 17.0. The number of hydrogen-bond acceptors (Lipinski definition) is 0. The molecule has 0 radical (unpaired) electrons. The Kier molecular flexibility index (Phi) is 43.4. The molecule has 0 aliphatic carbocycles. The maximum atomic E-state index is 12.5. The quantitative estimate of drug-likeness (QED) is 0.0358. The van der Waals surface area contributed by atoms with Gasteiger partial charge in [-0.1, -0.05) is 339 Å². The van der Waals surface area contributed by atoms with E-state index in [1.54, 1.807) is 4.70 Å². The van der Waals surface area contributed by atoms with Crippen molar-refractivity contribution in [3.8, 4) is 0 Å². The predicted molar refractivity (Wildman–Crippen MR) is 340 cm³/mol. The van der Waals surface area contributed by atoms with Gasteiger partial charge in [0.05, 0.1) is 0 Å². The van der Waals surface area contributed by atoms with Gasteiger partial charge >= 0.3 is 0 Å². The Balaban J connectivity index is 1.42. The van der Waals surface area contributed by atoms with Gasteiger partial charge in [0.1, 0.15) is 0 Å². The minimum absolute atomic E-state index is 0.916. The van der Waals surface area contributed by atoms with Crippen LogP contribution in [0.2, 0.25) is 0 Å². The molecule has 0 fully saturated rings. The molecule has 1 aliphatic heterocycles. The van der Waals surface area contributed by atoms with Crippen LogP contribution in [0.5, 0.6) is 0 Å². The molecule has 76 heavy (non-hydrogen) atoms. The highest BCUT2D eigenvalue weighted by Gasteiger charge is 2.36. The fourth-order valence-electron chi connectivity index (χ4n) is 12.2. The largest absolute Gasteiger partial charge is 0.493 e. The van der Waals surface area contributed by atoms with Crippen molar-refractivity contribution in [1.29, 1.82) is 0 Å². The maximum absolute atomic E-state index is 12.5. The molecule has 0 unspecified atom stereocenters. The second-order valence-electron chi connectivity index (χ2n) is 23.8. The summed E-state index contributed by atoms with van der Waals surface area (Å²) >= 11 is 0. The first-order valence-corrected chi connectivity index (χ1v) is 34.1.